The monoisotopic (exact) mass is 851 g/mol. The zero-order valence-electron chi connectivity index (χ0n) is 26.9. The molecule has 3 N–H and O–H groups in total. The lowest BCUT2D eigenvalue weighted by molar-refractivity contribution is -0.145. The predicted octanol–water partition coefficient (Wildman–Crippen LogP) is 4.78. The summed E-state index contributed by atoms with van der Waals surface area (Å²) >= 11 is 4.27. The van der Waals surface area contributed by atoms with E-state index in [0.29, 0.717) is 11.5 Å². The van der Waals surface area contributed by atoms with Crippen LogP contribution in [0.4, 0.5) is 4.79 Å². The third-order valence-corrected chi connectivity index (χ3v) is 8.15. The molecule has 0 aromatic heterocycles. The van der Waals surface area contributed by atoms with Gasteiger partial charge >= 0.3 is 12.1 Å². The minimum Gasteiger partial charge on any atom is -0.496 e. The maximum atomic E-state index is 13.7. The van der Waals surface area contributed by atoms with Gasteiger partial charge in [-0.3, -0.25) is 9.59 Å². The highest BCUT2D eigenvalue weighted by Gasteiger charge is 2.32. The Morgan fingerprint density at radius 3 is 1.62 bits per heavy atom. The second kappa shape index (κ2) is 17.8. The van der Waals surface area contributed by atoms with E-state index in [1.807, 2.05) is 32.0 Å². The molecule has 2 aromatic rings. The molecule has 248 valence electrons. The van der Waals surface area contributed by atoms with Crippen LogP contribution in [0.3, 0.4) is 0 Å². The van der Waals surface area contributed by atoms with Gasteiger partial charge in [0.25, 0.3) is 0 Å². The standard InChI is InChI=1S/C32H43I2N3O8/c1-18(2)13-23(28(38)36-25(30(40)44-8)17-20-10-12-27(43-7)22(34)15-20)35-29(39)24(37-31(41)45-32(3,4)5)16-19-9-11-26(42-6)21(33)14-19/h9-12,14-15,18,23-25H,13,16-17H2,1-8H3,(H,35,39)(H,36,38)(H,37,41)/t23-,24-,25-/m0/s1. The van der Waals surface area contributed by atoms with Crippen LogP contribution in [0.1, 0.15) is 52.2 Å². The number of esters is 1. The van der Waals surface area contributed by atoms with E-state index in [9.17, 15) is 19.2 Å². The number of alkyl carbamates (subject to hydrolysis) is 1. The van der Waals surface area contributed by atoms with Crippen LogP contribution in [0.2, 0.25) is 0 Å². The van der Waals surface area contributed by atoms with Crippen LogP contribution in [0.25, 0.3) is 0 Å². The first kappa shape index (κ1) is 38.4. The lowest BCUT2D eigenvalue weighted by Crippen LogP contribution is -2.57. The van der Waals surface area contributed by atoms with Gasteiger partial charge in [-0.2, -0.15) is 0 Å². The Morgan fingerprint density at radius 1 is 0.733 bits per heavy atom. The van der Waals surface area contributed by atoms with E-state index in [1.54, 1.807) is 53.2 Å². The van der Waals surface area contributed by atoms with Gasteiger partial charge in [0.2, 0.25) is 11.8 Å². The van der Waals surface area contributed by atoms with Gasteiger partial charge in [0.05, 0.1) is 28.5 Å². The van der Waals surface area contributed by atoms with Crippen LogP contribution in [0.5, 0.6) is 11.5 Å². The zero-order valence-corrected chi connectivity index (χ0v) is 31.2. The molecule has 11 nitrogen and oxygen atoms in total. The van der Waals surface area contributed by atoms with Crippen molar-refractivity contribution in [2.24, 2.45) is 5.92 Å². The molecule has 3 amide bonds. The second-order valence-electron chi connectivity index (χ2n) is 11.8. The first-order chi connectivity index (χ1) is 21.1. The van der Waals surface area contributed by atoms with Gasteiger partial charge in [-0.1, -0.05) is 26.0 Å². The van der Waals surface area contributed by atoms with Crippen molar-refractivity contribution < 1.29 is 38.1 Å². The Morgan fingerprint density at radius 2 is 1.20 bits per heavy atom. The van der Waals surface area contributed by atoms with Crippen molar-refractivity contribution in [3.05, 3.63) is 54.7 Å². The molecule has 0 heterocycles. The van der Waals surface area contributed by atoms with Crippen LogP contribution in [0.15, 0.2) is 36.4 Å². The number of hydrogen-bond acceptors (Lipinski definition) is 8. The number of halogens is 2. The highest BCUT2D eigenvalue weighted by Crippen LogP contribution is 2.24. The van der Waals surface area contributed by atoms with E-state index in [4.69, 9.17) is 18.9 Å². The molecule has 0 aliphatic heterocycles. The summed E-state index contributed by atoms with van der Waals surface area (Å²) < 4.78 is 22.7. The molecule has 0 saturated carbocycles. The molecule has 45 heavy (non-hydrogen) atoms. The number of methoxy groups -OCH3 is 3. The van der Waals surface area contributed by atoms with E-state index < -0.39 is 47.6 Å². The van der Waals surface area contributed by atoms with Crippen molar-refractivity contribution in [1.82, 2.24) is 16.0 Å². The molecule has 13 heteroatoms. The molecule has 0 fully saturated rings. The number of nitrogens with one attached hydrogen (secondary N) is 3. The molecule has 2 aromatic carbocycles. The molecule has 0 aliphatic carbocycles. The Labute approximate surface area is 292 Å². The fourth-order valence-electron chi connectivity index (χ4n) is 4.39. The van der Waals surface area contributed by atoms with Crippen molar-refractivity contribution in [2.75, 3.05) is 21.3 Å². The molecule has 0 unspecified atom stereocenters. The fourth-order valence-corrected chi connectivity index (χ4v) is 5.99. The van der Waals surface area contributed by atoms with Gasteiger partial charge < -0.3 is 34.9 Å². The molecular formula is C32H43I2N3O8. The number of amides is 3. The summed E-state index contributed by atoms with van der Waals surface area (Å²) in [5.41, 5.74) is 0.767. The van der Waals surface area contributed by atoms with Crippen LogP contribution >= 0.6 is 45.2 Å². The quantitative estimate of drug-likeness (QED) is 0.182. The summed E-state index contributed by atoms with van der Waals surface area (Å²) in [6.07, 6.45) is -0.191. The van der Waals surface area contributed by atoms with E-state index in [1.165, 1.54) is 7.11 Å². The Balaban J connectivity index is 2.32. The molecule has 0 spiro atoms. The predicted molar refractivity (Wildman–Crippen MR) is 187 cm³/mol. The van der Waals surface area contributed by atoms with Gasteiger partial charge in [-0.25, -0.2) is 9.59 Å². The van der Waals surface area contributed by atoms with Gasteiger partial charge in [0.1, 0.15) is 35.2 Å². The van der Waals surface area contributed by atoms with Crippen LogP contribution < -0.4 is 25.4 Å². The zero-order chi connectivity index (χ0) is 33.9. The molecule has 0 saturated heterocycles. The maximum Gasteiger partial charge on any atom is 0.408 e. The molecule has 0 radical (unpaired) electrons. The number of carbonyl (C=O) groups is 4. The van der Waals surface area contributed by atoms with Gasteiger partial charge in [0, 0.05) is 12.8 Å². The minimum absolute atomic E-state index is 0.0150. The average Bonchev–Trinajstić information content (AvgIpc) is 2.94. The average molecular weight is 852 g/mol. The van der Waals surface area contributed by atoms with Gasteiger partial charge in [0.15, 0.2) is 0 Å². The number of benzene rings is 2. The van der Waals surface area contributed by atoms with E-state index >= 15 is 0 Å². The number of carbonyl (C=O) groups excluding carboxylic acids is 4. The van der Waals surface area contributed by atoms with Crippen LogP contribution in [-0.4, -0.2) is 68.9 Å². The highest BCUT2D eigenvalue weighted by molar-refractivity contribution is 14.1. The summed E-state index contributed by atoms with van der Waals surface area (Å²) in [6.45, 7) is 9.00. The van der Waals surface area contributed by atoms with Crippen molar-refractivity contribution in [2.45, 2.75) is 77.6 Å². The number of ether oxygens (including phenoxy) is 4. The largest absolute Gasteiger partial charge is 0.496 e. The van der Waals surface area contributed by atoms with Gasteiger partial charge in [-0.15, -0.1) is 0 Å². The fraction of sp³-hybridized carbons (Fsp3) is 0.500. The van der Waals surface area contributed by atoms with Crippen molar-refractivity contribution in [1.29, 1.82) is 0 Å². The van der Waals surface area contributed by atoms with Crippen molar-refractivity contribution in [3.8, 4) is 11.5 Å². The van der Waals surface area contributed by atoms with Crippen molar-refractivity contribution >= 4 is 69.1 Å². The van der Waals surface area contributed by atoms with Crippen molar-refractivity contribution in [3.63, 3.8) is 0 Å². The summed E-state index contributed by atoms with van der Waals surface area (Å²) in [5.74, 6) is -0.365. The Bertz CT molecular complexity index is 1350. The first-order valence-electron chi connectivity index (χ1n) is 14.4. The number of hydrogen-bond donors (Lipinski definition) is 3. The van der Waals surface area contributed by atoms with E-state index in [0.717, 1.165) is 18.3 Å². The summed E-state index contributed by atoms with van der Waals surface area (Å²) in [4.78, 5) is 52.8. The molecular weight excluding hydrogens is 808 g/mol. The Kier molecular flexibility index (Phi) is 15.1. The summed E-state index contributed by atoms with van der Waals surface area (Å²) in [6, 6.07) is 7.83. The van der Waals surface area contributed by atoms with E-state index in [-0.39, 0.29) is 25.2 Å². The topological polar surface area (TPSA) is 141 Å². The van der Waals surface area contributed by atoms with E-state index in [2.05, 4.69) is 61.1 Å². The third kappa shape index (κ3) is 12.8. The van der Waals surface area contributed by atoms with Crippen LogP contribution in [-0.2, 0) is 36.7 Å². The normalized spacial score (nSPS) is 13.2. The lowest BCUT2D eigenvalue weighted by Gasteiger charge is -2.27. The minimum atomic E-state index is -1.07. The SMILES string of the molecule is COC(=O)[C@H](Cc1ccc(OC)c(I)c1)NC(=O)[C@H](CC(C)C)NC(=O)[C@H](Cc1ccc(OC)c(I)c1)NC(=O)OC(C)(C)C. The maximum absolute atomic E-state index is 13.7. The molecule has 0 aliphatic rings. The Hall–Kier alpha value is -2.82. The smallest absolute Gasteiger partial charge is 0.408 e. The van der Waals surface area contributed by atoms with Crippen LogP contribution in [0, 0.1) is 13.1 Å². The number of rotatable bonds is 14. The lowest BCUT2D eigenvalue weighted by atomic mass is 10.00. The van der Waals surface area contributed by atoms with Gasteiger partial charge in [-0.05, 0) is 114 Å². The summed E-state index contributed by atoms with van der Waals surface area (Å²) in [5, 5.41) is 8.23. The molecule has 0 bridgehead atoms. The molecule has 3 atom stereocenters. The highest BCUT2D eigenvalue weighted by atomic mass is 127. The first-order valence-corrected chi connectivity index (χ1v) is 16.6. The third-order valence-electron chi connectivity index (χ3n) is 6.46. The summed E-state index contributed by atoms with van der Waals surface area (Å²) in [7, 11) is 4.39. The molecule has 2 rings (SSSR count). The second-order valence-corrected chi connectivity index (χ2v) is 14.1.